The van der Waals surface area contributed by atoms with Gasteiger partial charge >= 0.3 is 24.7 Å². The predicted octanol–water partition coefficient (Wildman–Crippen LogP) is 5.58. The maximum atomic E-state index is 12.7. The van der Waals surface area contributed by atoms with Crippen molar-refractivity contribution in [3.8, 4) is 0 Å². The zero-order valence-electron chi connectivity index (χ0n) is 14.0. The number of hydrogen-bond donors (Lipinski definition) is 2. The molecule has 2 N–H and O–H groups in total. The molecule has 2 nitrogen and oxygen atoms in total. The van der Waals surface area contributed by atoms with Crippen molar-refractivity contribution in [2.45, 2.75) is 45.7 Å². The van der Waals surface area contributed by atoms with Crippen LogP contribution in [0.25, 0.3) is 0 Å². The first kappa shape index (κ1) is 27.0. The topological polar surface area (TPSA) is 40.5 Å². The summed E-state index contributed by atoms with van der Waals surface area (Å²) in [6.45, 7) is 0. The van der Waals surface area contributed by atoms with E-state index in [0.717, 1.165) is 24.3 Å². The molecule has 0 bridgehead atoms. The summed E-state index contributed by atoms with van der Waals surface area (Å²) in [6.07, 6.45) is -24.6. The van der Waals surface area contributed by atoms with E-state index >= 15 is 0 Å². The number of rotatable bonds is 6. The molecule has 0 aliphatic carbocycles. The molecule has 174 valence electrons. The van der Waals surface area contributed by atoms with Gasteiger partial charge in [0.2, 0.25) is 0 Å². The van der Waals surface area contributed by atoms with Crippen LogP contribution in [-0.2, 0) is 0 Å². The van der Waals surface area contributed by atoms with E-state index in [0.29, 0.717) is 0 Å². The Kier molecular flexibility index (Phi) is 7.66. The van der Waals surface area contributed by atoms with Gasteiger partial charge in [0.05, 0.1) is 0 Å². The lowest BCUT2D eigenvalue weighted by atomic mass is 10.1. The Morgan fingerprint density at radius 1 is 0.533 bits per heavy atom. The van der Waals surface area contributed by atoms with Gasteiger partial charge in [0.15, 0.2) is 0 Å². The molecule has 0 saturated carbocycles. The minimum Gasteiger partial charge on any atom is -0.373 e. The summed E-state index contributed by atoms with van der Waals surface area (Å²) in [4.78, 5) is -1.14. The van der Waals surface area contributed by atoms with Crippen molar-refractivity contribution >= 4 is 23.5 Å². The van der Waals surface area contributed by atoms with Crippen LogP contribution in [0.15, 0.2) is 34.1 Å². The van der Waals surface area contributed by atoms with Crippen molar-refractivity contribution in [1.29, 1.82) is 0 Å². The maximum absolute atomic E-state index is 12.7. The van der Waals surface area contributed by atoms with E-state index in [1.807, 2.05) is 0 Å². The van der Waals surface area contributed by atoms with Gasteiger partial charge in [-0.1, -0.05) is 12.1 Å². The molecule has 0 saturated heterocycles. The molecule has 0 aliphatic rings. The van der Waals surface area contributed by atoms with Crippen LogP contribution in [0.3, 0.4) is 0 Å². The van der Waals surface area contributed by atoms with Crippen LogP contribution in [0, 0.1) is 0 Å². The average Bonchev–Trinajstić information content (AvgIpc) is 2.54. The van der Waals surface area contributed by atoms with Crippen molar-refractivity contribution in [2.75, 3.05) is 11.5 Å². The normalized spacial score (nSPS) is 14.9. The fraction of sp³-hybridized carbons (Fsp3) is 0.571. The fourth-order valence-electron chi connectivity index (χ4n) is 1.70. The third kappa shape index (κ3) is 5.43. The standard InChI is InChI=1S/C14H10F12O2S2/c15-11(16,17)9(27,12(18,19)20)5-29-7-3-1-2-4-8(7)30-6-10(28,13(21,22)23)14(24,25)26/h1-4,27-28H,5-6H2. The minimum atomic E-state index is -6.16. The lowest BCUT2D eigenvalue weighted by molar-refractivity contribution is -0.359. The Hall–Kier alpha value is -1.00. The highest BCUT2D eigenvalue weighted by Gasteiger charge is 2.71. The van der Waals surface area contributed by atoms with Crippen LogP contribution in [0.5, 0.6) is 0 Å². The molecule has 1 rings (SSSR count). The van der Waals surface area contributed by atoms with Crippen LogP contribution in [0.2, 0.25) is 0 Å². The van der Waals surface area contributed by atoms with Crippen molar-refractivity contribution in [1.82, 2.24) is 0 Å². The quantitative estimate of drug-likeness (QED) is 0.394. The lowest BCUT2D eigenvalue weighted by Crippen LogP contribution is -2.58. The molecular weight excluding hydrogens is 492 g/mol. The van der Waals surface area contributed by atoms with Gasteiger partial charge in [0, 0.05) is 21.3 Å². The molecule has 0 amide bonds. The zero-order chi connectivity index (χ0) is 23.8. The Morgan fingerprint density at radius 2 is 0.767 bits per heavy atom. The van der Waals surface area contributed by atoms with Crippen LogP contribution in [-0.4, -0.2) is 57.6 Å². The SMILES string of the molecule is OC(CSc1ccccc1SCC(O)(C(F)(F)F)C(F)(F)F)(C(F)(F)F)C(F)(F)F. The summed E-state index contributed by atoms with van der Waals surface area (Å²) in [5.74, 6) is -4.14. The Labute approximate surface area is 168 Å². The van der Waals surface area contributed by atoms with Gasteiger partial charge < -0.3 is 10.2 Å². The first-order valence-electron chi connectivity index (χ1n) is 7.24. The molecule has 30 heavy (non-hydrogen) atoms. The molecule has 1 aromatic carbocycles. The van der Waals surface area contributed by atoms with Gasteiger partial charge in [-0.3, -0.25) is 0 Å². The summed E-state index contributed by atoms with van der Waals surface area (Å²) >= 11 is -0.563. The number of alkyl halides is 12. The number of aliphatic hydroxyl groups is 2. The van der Waals surface area contributed by atoms with Gasteiger partial charge in [-0.25, -0.2) is 0 Å². The van der Waals surface area contributed by atoms with Gasteiger partial charge in [0.1, 0.15) is 0 Å². The number of benzene rings is 1. The Balaban J connectivity index is 3.15. The van der Waals surface area contributed by atoms with E-state index < -0.39 is 57.2 Å². The van der Waals surface area contributed by atoms with E-state index in [4.69, 9.17) is 10.2 Å². The molecule has 0 atom stereocenters. The molecule has 0 fully saturated rings. The highest BCUT2D eigenvalue weighted by Crippen LogP contribution is 2.49. The summed E-state index contributed by atoms with van der Waals surface area (Å²) < 4.78 is 152. The molecule has 0 aromatic heterocycles. The van der Waals surface area contributed by atoms with Gasteiger partial charge in [-0.05, 0) is 12.1 Å². The summed E-state index contributed by atoms with van der Waals surface area (Å²) in [7, 11) is 0. The van der Waals surface area contributed by atoms with Crippen LogP contribution >= 0.6 is 23.5 Å². The van der Waals surface area contributed by atoms with E-state index in [1.54, 1.807) is 0 Å². The second-order valence-corrected chi connectivity index (χ2v) is 7.77. The second-order valence-electron chi connectivity index (χ2n) is 5.74. The monoisotopic (exact) mass is 502 g/mol. The summed E-state index contributed by atoms with van der Waals surface area (Å²) in [5, 5.41) is 18.2. The highest BCUT2D eigenvalue weighted by molar-refractivity contribution is 8.02. The first-order valence-corrected chi connectivity index (χ1v) is 9.21. The van der Waals surface area contributed by atoms with Crippen molar-refractivity contribution in [3.63, 3.8) is 0 Å². The van der Waals surface area contributed by atoms with Crippen LogP contribution < -0.4 is 0 Å². The van der Waals surface area contributed by atoms with E-state index in [1.165, 1.54) is 0 Å². The Bertz CT molecular complexity index is 634. The zero-order valence-corrected chi connectivity index (χ0v) is 15.6. The van der Waals surface area contributed by atoms with Gasteiger partial charge in [-0.2, -0.15) is 52.7 Å². The average molecular weight is 502 g/mol. The van der Waals surface area contributed by atoms with Gasteiger partial charge in [-0.15, -0.1) is 23.5 Å². The number of halogens is 12. The van der Waals surface area contributed by atoms with Crippen LogP contribution in [0.1, 0.15) is 0 Å². The van der Waals surface area contributed by atoms with Crippen molar-refractivity contribution in [2.24, 2.45) is 0 Å². The van der Waals surface area contributed by atoms with Crippen LogP contribution in [0.4, 0.5) is 52.7 Å². The number of thioether (sulfide) groups is 2. The molecule has 1 aromatic rings. The molecule has 0 heterocycles. The molecule has 0 spiro atoms. The van der Waals surface area contributed by atoms with Crippen molar-refractivity contribution < 1.29 is 62.9 Å². The largest absolute Gasteiger partial charge is 0.427 e. The summed E-state index contributed by atoms with van der Waals surface area (Å²) in [5.41, 5.74) is -10.4. The third-order valence-corrected chi connectivity index (χ3v) is 6.19. The molecule has 16 heteroatoms. The highest BCUT2D eigenvalue weighted by atomic mass is 32.2. The summed E-state index contributed by atoms with van der Waals surface area (Å²) in [6, 6.07) is 3.76. The third-order valence-electron chi connectivity index (χ3n) is 3.60. The molecule has 0 unspecified atom stereocenters. The van der Waals surface area contributed by atoms with E-state index in [2.05, 4.69) is 0 Å². The number of hydrogen-bond acceptors (Lipinski definition) is 4. The predicted molar refractivity (Wildman–Crippen MR) is 82.0 cm³/mol. The maximum Gasteiger partial charge on any atom is 0.427 e. The minimum absolute atomic E-state index is 0.282. The smallest absolute Gasteiger partial charge is 0.373 e. The first-order chi connectivity index (χ1) is 13.2. The molecule has 0 aliphatic heterocycles. The fourth-order valence-corrected chi connectivity index (χ4v) is 4.21. The van der Waals surface area contributed by atoms with E-state index in [-0.39, 0.29) is 23.5 Å². The molecular formula is C14H10F12O2S2. The Morgan fingerprint density at radius 3 is 0.967 bits per heavy atom. The van der Waals surface area contributed by atoms with E-state index in [9.17, 15) is 52.7 Å². The molecule has 0 radical (unpaired) electrons. The van der Waals surface area contributed by atoms with Gasteiger partial charge in [0.25, 0.3) is 11.2 Å². The lowest BCUT2D eigenvalue weighted by Gasteiger charge is -2.33. The van der Waals surface area contributed by atoms with Crippen molar-refractivity contribution in [3.05, 3.63) is 24.3 Å². The second kappa shape index (κ2) is 8.50.